The molecule has 0 atom stereocenters. The summed E-state index contributed by atoms with van der Waals surface area (Å²) >= 11 is 0. The average molecular weight is 328 g/mol. The van der Waals surface area contributed by atoms with E-state index in [9.17, 15) is 14.0 Å². The van der Waals surface area contributed by atoms with Gasteiger partial charge < -0.3 is 9.88 Å². The summed E-state index contributed by atoms with van der Waals surface area (Å²) in [6, 6.07) is 4.71. The van der Waals surface area contributed by atoms with Gasteiger partial charge in [-0.15, -0.1) is 0 Å². The fourth-order valence-corrected chi connectivity index (χ4v) is 2.66. The highest BCUT2D eigenvalue weighted by molar-refractivity contribution is 5.92. The topological polar surface area (TPSA) is 68.9 Å². The molecule has 124 valence electrons. The zero-order valence-electron chi connectivity index (χ0n) is 13.8. The van der Waals surface area contributed by atoms with Gasteiger partial charge in [-0.2, -0.15) is 0 Å². The van der Waals surface area contributed by atoms with Crippen molar-refractivity contribution in [3.8, 4) is 0 Å². The van der Waals surface area contributed by atoms with Gasteiger partial charge in [0, 0.05) is 19.7 Å². The molecule has 1 aromatic carbocycles. The van der Waals surface area contributed by atoms with Crippen LogP contribution in [0.5, 0.6) is 0 Å². The molecule has 2 aromatic heterocycles. The fraction of sp³-hybridized carbons (Fsp3) is 0.235. The maximum atomic E-state index is 14.2. The number of nitrogens with one attached hydrogen (secondary N) is 1. The normalized spacial score (nSPS) is 11.0. The van der Waals surface area contributed by atoms with Crippen molar-refractivity contribution >= 4 is 22.4 Å². The lowest BCUT2D eigenvalue weighted by Gasteiger charge is -2.15. The van der Waals surface area contributed by atoms with Crippen LogP contribution < -0.4 is 16.4 Å². The first-order chi connectivity index (χ1) is 11.3. The number of aryl methyl sites for hydroxylation is 3. The molecule has 24 heavy (non-hydrogen) atoms. The van der Waals surface area contributed by atoms with E-state index in [1.165, 1.54) is 21.5 Å². The maximum absolute atomic E-state index is 14.2. The molecule has 0 saturated heterocycles. The molecule has 0 radical (unpaired) electrons. The van der Waals surface area contributed by atoms with Crippen LogP contribution in [0.25, 0.3) is 11.0 Å². The van der Waals surface area contributed by atoms with Crippen molar-refractivity contribution in [3.05, 3.63) is 62.2 Å². The largest absolute Gasteiger partial charge is 0.352 e. The second kappa shape index (κ2) is 5.59. The molecule has 0 aliphatic carbocycles. The van der Waals surface area contributed by atoms with Crippen molar-refractivity contribution in [1.29, 1.82) is 0 Å². The van der Waals surface area contributed by atoms with Gasteiger partial charge in [-0.25, -0.2) is 9.37 Å². The van der Waals surface area contributed by atoms with E-state index in [2.05, 4.69) is 10.3 Å². The summed E-state index contributed by atoms with van der Waals surface area (Å²) in [7, 11) is 3.13. The Kier molecular flexibility index (Phi) is 3.71. The van der Waals surface area contributed by atoms with Gasteiger partial charge in [-0.1, -0.05) is 6.07 Å². The molecule has 0 fully saturated rings. The van der Waals surface area contributed by atoms with Gasteiger partial charge in [0.15, 0.2) is 5.65 Å². The molecule has 7 heteroatoms. The monoisotopic (exact) mass is 328 g/mol. The number of fused-ring (bicyclic) bond motifs is 1. The third-order valence-corrected chi connectivity index (χ3v) is 4.06. The Bertz CT molecular complexity index is 1080. The van der Waals surface area contributed by atoms with Gasteiger partial charge in [-0.05, 0) is 31.5 Å². The van der Waals surface area contributed by atoms with Crippen LogP contribution in [0.1, 0.15) is 11.1 Å². The Labute approximate surface area is 137 Å². The number of pyridine rings is 1. The number of rotatable bonds is 2. The molecule has 6 nitrogen and oxygen atoms in total. The summed E-state index contributed by atoms with van der Waals surface area (Å²) in [5.74, 6) is -0.455. The SMILES string of the molecule is Cc1ccc(Nc2c(C)c(=O)n(C)c3ncn(C)c(=O)c23)c(F)c1. The van der Waals surface area contributed by atoms with E-state index in [4.69, 9.17) is 0 Å². The number of halogens is 1. The molecule has 0 saturated carbocycles. The number of nitrogens with zero attached hydrogens (tertiary/aromatic N) is 3. The lowest BCUT2D eigenvalue weighted by molar-refractivity contribution is 0.630. The molecule has 3 aromatic rings. The van der Waals surface area contributed by atoms with E-state index in [1.54, 1.807) is 40.1 Å². The van der Waals surface area contributed by atoms with Crippen LogP contribution in [0.15, 0.2) is 34.1 Å². The summed E-state index contributed by atoms with van der Waals surface area (Å²) in [6.07, 6.45) is 1.36. The third kappa shape index (κ3) is 2.38. The minimum atomic E-state index is -0.455. The highest BCUT2D eigenvalue weighted by Gasteiger charge is 2.18. The predicted molar refractivity (Wildman–Crippen MR) is 91.4 cm³/mol. The van der Waals surface area contributed by atoms with Gasteiger partial charge >= 0.3 is 0 Å². The van der Waals surface area contributed by atoms with E-state index < -0.39 is 5.82 Å². The molecule has 2 heterocycles. The van der Waals surface area contributed by atoms with E-state index >= 15 is 0 Å². The average Bonchev–Trinajstić information content (AvgIpc) is 2.54. The number of hydrogen-bond acceptors (Lipinski definition) is 4. The molecule has 0 bridgehead atoms. The molecule has 1 N–H and O–H groups in total. The quantitative estimate of drug-likeness (QED) is 0.782. The van der Waals surface area contributed by atoms with Gasteiger partial charge in [0.2, 0.25) is 0 Å². The first-order valence-electron chi connectivity index (χ1n) is 7.39. The Morgan fingerprint density at radius 3 is 2.50 bits per heavy atom. The molecule has 0 amide bonds. The van der Waals surface area contributed by atoms with Gasteiger partial charge in [0.25, 0.3) is 11.1 Å². The summed E-state index contributed by atoms with van der Waals surface area (Å²) in [5.41, 5.74) is 1.24. The van der Waals surface area contributed by atoms with E-state index in [-0.39, 0.29) is 33.5 Å². The van der Waals surface area contributed by atoms with Crippen molar-refractivity contribution in [2.45, 2.75) is 13.8 Å². The first kappa shape index (κ1) is 15.9. The Hall–Kier alpha value is -2.96. The van der Waals surface area contributed by atoms with Crippen molar-refractivity contribution in [2.75, 3.05) is 5.32 Å². The molecule has 3 rings (SSSR count). The summed E-state index contributed by atoms with van der Waals surface area (Å²) < 4.78 is 16.8. The summed E-state index contributed by atoms with van der Waals surface area (Å²) in [4.78, 5) is 29.2. The number of anilines is 2. The molecular formula is C17H17FN4O2. The predicted octanol–water partition coefficient (Wildman–Crippen LogP) is 2.13. The van der Waals surface area contributed by atoms with Gasteiger partial charge in [0.1, 0.15) is 11.2 Å². The lowest BCUT2D eigenvalue weighted by Crippen LogP contribution is -2.27. The smallest absolute Gasteiger partial charge is 0.264 e. The van der Waals surface area contributed by atoms with Gasteiger partial charge in [-0.3, -0.25) is 14.2 Å². The van der Waals surface area contributed by atoms with E-state index in [1.807, 2.05) is 0 Å². The molecule has 0 aliphatic rings. The van der Waals surface area contributed by atoms with Crippen molar-refractivity contribution in [2.24, 2.45) is 14.1 Å². The molecule has 0 spiro atoms. The molecule has 0 unspecified atom stereocenters. The van der Waals surface area contributed by atoms with Crippen LogP contribution in [0.2, 0.25) is 0 Å². The van der Waals surface area contributed by atoms with Crippen LogP contribution >= 0.6 is 0 Å². The standard InChI is InChI=1S/C17H17FN4O2/c1-9-5-6-12(11(18)7-9)20-14-10(2)16(23)22(4)15-13(14)17(24)21(3)8-19-15/h5-8,20H,1-4H3. The Morgan fingerprint density at radius 1 is 1.12 bits per heavy atom. The first-order valence-corrected chi connectivity index (χ1v) is 7.39. The lowest BCUT2D eigenvalue weighted by atomic mass is 10.1. The third-order valence-electron chi connectivity index (χ3n) is 4.06. The molecule has 0 aliphatic heterocycles. The van der Waals surface area contributed by atoms with Gasteiger partial charge in [0.05, 0.1) is 17.7 Å². The minimum absolute atomic E-state index is 0.198. The van der Waals surface area contributed by atoms with Crippen molar-refractivity contribution < 1.29 is 4.39 Å². The Morgan fingerprint density at radius 2 is 1.83 bits per heavy atom. The second-order valence-corrected chi connectivity index (χ2v) is 5.83. The van der Waals surface area contributed by atoms with Crippen molar-refractivity contribution in [1.82, 2.24) is 14.1 Å². The molecular weight excluding hydrogens is 311 g/mol. The summed E-state index contributed by atoms with van der Waals surface area (Å²) in [6.45, 7) is 3.38. The zero-order chi connectivity index (χ0) is 17.6. The van der Waals surface area contributed by atoms with Crippen LogP contribution in [0.3, 0.4) is 0 Å². The van der Waals surface area contributed by atoms with Crippen LogP contribution in [-0.2, 0) is 14.1 Å². The highest BCUT2D eigenvalue weighted by atomic mass is 19.1. The zero-order valence-corrected chi connectivity index (χ0v) is 13.8. The maximum Gasteiger partial charge on any atom is 0.264 e. The van der Waals surface area contributed by atoms with E-state index in [0.717, 1.165) is 5.56 Å². The second-order valence-electron chi connectivity index (χ2n) is 5.83. The van der Waals surface area contributed by atoms with Crippen LogP contribution in [-0.4, -0.2) is 14.1 Å². The number of benzene rings is 1. The minimum Gasteiger partial charge on any atom is -0.352 e. The summed E-state index contributed by atoms with van der Waals surface area (Å²) in [5, 5.41) is 3.15. The fourth-order valence-electron chi connectivity index (χ4n) is 2.66. The Balaban J connectivity index is 2.36. The highest BCUT2D eigenvalue weighted by Crippen LogP contribution is 2.26. The van der Waals surface area contributed by atoms with Crippen LogP contribution in [0.4, 0.5) is 15.8 Å². The number of hydrogen-bond donors (Lipinski definition) is 1. The van der Waals surface area contributed by atoms with E-state index in [0.29, 0.717) is 5.56 Å². The number of aromatic nitrogens is 3. The van der Waals surface area contributed by atoms with Crippen molar-refractivity contribution in [3.63, 3.8) is 0 Å². The van der Waals surface area contributed by atoms with Crippen LogP contribution in [0, 0.1) is 19.7 Å².